The summed E-state index contributed by atoms with van der Waals surface area (Å²) in [5.41, 5.74) is 7.05. The van der Waals surface area contributed by atoms with E-state index in [-0.39, 0.29) is 0 Å². The van der Waals surface area contributed by atoms with Crippen molar-refractivity contribution in [2.45, 2.75) is 39.5 Å². The van der Waals surface area contributed by atoms with Crippen molar-refractivity contribution >= 4 is 34.1 Å². The number of anilines is 1. The zero-order valence-corrected chi connectivity index (χ0v) is 17.0. The second-order valence-electron chi connectivity index (χ2n) is 7.66. The van der Waals surface area contributed by atoms with E-state index in [0.717, 1.165) is 53.6 Å². The molecule has 140 valence electrons. The largest absolute Gasteiger partial charge is 0.348 e. The SMILES string of the molecule is Cc1ccc2nc([C@@H]3CCCN(C(=S)Nc4ccc(C)c(C)c4)C3)[nH]c2c1. The molecular formula is C22H26N4S. The number of aryl methyl sites for hydroxylation is 3. The van der Waals surface area contributed by atoms with Crippen LogP contribution in [0.1, 0.15) is 41.3 Å². The quantitative estimate of drug-likeness (QED) is 0.612. The van der Waals surface area contributed by atoms with Gasteiger partial charge in [0.1, 0.15) is 5.82 Å². The van der Waals surface area contributed by atoms with Gasteiger partial charge in [0.25, 0.3) is 0 Å². The summed E-state index contributed by atoms with van der Waals surface area (Å²) in [6.45, 7) is 8.26. The van der Waals surface area contributed by atoms with Gasteiger partial charge in [-0.25, -0.2) is 4.98 Å². The number of H-pyrrole nitrogens is 1. The first-order chi connectivity index (χ1) is 13.0. The highest BCUT2D eigenvalue weighted by Crippen LogP contribution is 2.27. The fraction of sp³-hybridized carbons (Fsp3) is 0.364. The standard InChI is InChI=1S/C22H26N4S/c1-14-6-9-19-20(11-14)25-21(24-19)17-5-4-10-26(13-17)22(27)23-18-8-7-15(2)16(3)12-18/h6-9,11-12,17H,4-5,10,13H2,1-3H3,(H,23,27)(H,24,25)/t17-/m1/s1. The Morgan fingerprint density at radius 3 is 2.81 bits per heavy atom. The van der Waals surface area contributed by atoms with Crippen LogP contribution in [-0.2, 0) is 0 Å². The van der Waals surface area contributed by atoms with E-state index < -0.39 is 0 Å². The van der Waals surface area contributed by atoms with Crippen molar-refractivity contribution in [2.75, 3.05) is 18.4 Å². The van der Waals surface area contributed by atoms with Crippen LogP contribution in [0.5, 0.6) is 0 Å². The molecule has 2 N–H and O–H groups in total. The Bertz CT molecular complexity index is 991. The number of piperidine rings is 1. The lowest BCUT2D eigenvalue weighted by atomic mass is 9.98. The molecule has 0 aliphatic carbocycles. The van der Waals surface area contributed by atoms with Gasteiger partial charge in [-0.05, 0) is 86.8 Å². The Morgan fingerprint density at radius 2 is 2.00 bits per heavy atom. The summed E-state index contributed by atoms with van der Waals surface area (Å²) in [7, 11) is 0. The molecule has 1 saturated heterocycles. The summed E-state index contributed by atoms with van der Waals surface area (Å²) in [5.74, 6) is 1.46. The molecule has 2 heterocycles. The summed E-state index contributed by atoms with van der Waals surface area (Å²) < 4.78 is 0. The van der Waals surface area contributed by atoms with Crippen LogP contribution in [0.25, 0.3) is 11.0 Å². The number of hydrogen-bond acceptors (Lipinski definition) is 2. The molecule has 0 amide bonds. The highest BCUT2D eigenvalue weighted by Gasteiger charge is 2.25. The van der Waals surface area contributed by atoms with Crippen LogP contribution in [0, 0.1) is 20.8 Å². The Balaban J connectivity index is 1.48. The van der Waals surface area contributed by atoms with Gasteiger partial charge in [0.15, 0.2) is 5.11 Å². The number of aromatic amines is 1. The molecule has 5 heteroatoms. The summed E-state index contributed by atoms with van der Waals surface area (Å²) in [5, 5.41) is 4.21. The zero-order chi connectivity index (χ0) is 19.0. The Hall–Kier alpha value is -2.40. The van der Waals surface area contributed by atoms with Crippen molar-refractivity contribution in [1.29, 1.82) is 0 Å². The van der Waals surface area contributed by atoms with E-state index in [1.807, 2.05) is 0 Å². The molecule has 2 aromatic carbocycles. The molecule has 0 radical (unpaired) electrons. The molecule has 1 atom stereocenters. The fourth-order valence-electron chi connectivity index (χ4n) is 3.74. The maximum atomic E-state index is 5.70. The molecule has 27 heavy (non-hydrogen) atoms. The third-order valence-corrected chi connectivity index (χ3v) is 5.87. The molecule has 1 fully saturated rings. The monoisotopic (exact) mass is 378 g/mol. The van der Waals surface area contributed by atoms with Crippen LogP contribution >= 0.6 is 12.2 Å². The number of rotatable bonds is 2. The highest BCUT2D eigenvalue weighted by molar-refractivity contribution is 7.80. The summed E-state index contributed by atoms with van der Waals surface area (Å²) in [6.07, 6.45) is 2.26. The van der Waals surface area contributed by atoms with Crippen LogP contribution < -0.4 is 5.32 Å². The first-order valence-corrected chi connectivity index (χ1v) is 10.00. The van der Waals surface area contributed by atoms with Crippen molar-refractivity contribution in [2.24, 2.45) is 0 Å². The third kappa shape index (κ3) is 3.83. The minimum Gasteiger partial charge on any atom is -0.348 e. The van der Waals surface area contributed by atoms with Crippen LogP contribution in [-0.4, -0.2) is 33.1 Å². The van der Waals surface area contributed by atoms with Gasteiger partial charge < -0.3 is 15.2 Å². The van der Waals surface area contributed by atoms with Gasteiger partial charge >= 0.3 is 0 Å². The Kier molecular flexibility index (Phi) is 4.87. The molecule has 0 spiro atoms. The Morgan fingerprint density at radius 1 is 1.15 bits per heavy atom. The normalized spacial score (nSPS) is 17.3. The topological polar surface area (TPSA) is 44.0 Å². The van der Waals surface area contributed by atoms with Gasteiger partial charge in [-0.1, -0.05) is 12.1 Å². The summed E-state index contributed by atoms with van der Waals surface area (Å²) in [4.78, 5) is 10.6. The summed E-state index contributed by atoms with van der Waals surface area (Å²) >= 11 is 5.70. The van der Waals surface area contributed by atoms with Gasteiger partial charge in [0.05, 0.1) is 11.0 Å². The lowest BCUT2D eigenvalue weighted by Gasteiger charge is -2.33. The van der Waals surface area contributed by atoms with Crippen molar-refractivity contribution in [3.63, 3.8) is 0 Å². The molecule has 0 unspecified atom stereocenters. The van der Waals surface area contributed by atoms with Crippen LogP contribution in [0.2, 0.25) is 0 Å². The molecule has 1 aliphatic heterocycles. The summed E-state index contributed by atoms with van der Waals surface area (Å²) in [6, 6.07) is 12.8. The van der Waals surface area contributed by atoms with Crippen molar-refractivity contribution < 1.29 is 0 Å². The molecule has 1 aromatic heterocycles. The van der Waals surface area contributed by atoms with Gasteiger partial charge in [0, 0.05) is 24.7 Å². The van der Waals surface area contributed by atoms with E-state index in [1.165, 1.54) is 16.7 Å². The number of nitrogens with zero attached hydrogens (tertiary/aromatic N) is 2. The molecule has 4 nitrogen and oxygen atoms in total. The highest BCUT2D eigenvalue weighted by atomic mass is 32.1. The van der Waals surface area contributed by atoms with Crippen molar-refractivity contribution in [3.05, 3.63) is 58.9 Å². The molecule has 0 saturated carbocycles. The smallest absolute Gasteiger partial charge is 0.173 e. The second kappa shape index (κ2) is 7.31. The number of aromatic nitrogens is 2. The molecular weight excluding hydrogens is 352 g/mol. The molecule has 3 aromatic rings. The predicted molar refractivity (Wildman–Crippen MR) is 117 cm³/mol. The predicted octanol–water partition coefficient (Wildman–Crippen LogP) is 5.06. The van der Waals surface area contributed by atoms with Crippen LogP contribution in [0.3, 0.4) is 0 Å². The zero-order valence-electron chi connectivity index (χ0n) is 16.2. The second-order valence-corrected chi connectivity index (χ2v) is 8.04. The number of imidazole rings is 1. The van der Waals surface area contributed by atoms with Gasteiger partial charge in [-0.15, -0.1) is 0 Å². The average Bonchev–Trinajstić information content (AvgIpc) is 3.08. The minimum absolute atomic E-state index is 0.381. The number of thiocarbonyl (C=S) groups is 1. The Labute approximate surface area is 166 Å². The number of fused-ring (bicyclic) bond motifs is 1. The lowest BCUT2D eigenvalue weighted by molar-refractivity contribution is 0.307. The molecule has 0 bridgehead atoms. The minimum atomic E-state index is 0.381. The van der Waals surface area contributed by atoms with Gasteiger partial charge in [0.2, 0.25) is 0 Å². The number of likely N-dealkylation sites (tertiary alicyclic amines) is 1. The van der Waals surface area contributed by atoms with Crippen molar-refractivity contribution in [3.8, 4) is 0 Å². The molecule has 1 aliphatic rings. The first kappa shape index (κ1) is 18.0. The third-order valence-electron chi connectivity index (χ3n) is 5.51. The fourth-order valence-corrected chi connectivity index (χ4v) is 4.03. The van der Waals surface area contributed by atoms with Crippen LogP contribution in [0.15, 0.2) is 36.4 Å². The lowest BCUT2D eigenvalue weighted by Crippen LogP contribution is -2.41. The van der Waals surface area contributed by atoms with E-state index in [9.17, 15) is 0 Å². The van der Waals surface area contributed by atoms with E-state index in [1.54, 1.807) is 0 Å². The van der Waals surface area contributed by atoms with E-state index in [0.29, 0.717) is 5.92 Å². The number of nitrogens with one attached hydrogen (secondary N) is 2. The average molecular weight is 379 g/mol. The van der Waals surface area contributed by atoms with Crippen LogP contribution in [0.4, 0.5) is 5.69 Å². The van der Waals surface area contributed by atoms with Gasteiger partial charge in [-0.2, -0.15) is 0 Å². The number of benzene rings is 2. The maximum absolute atomic E-state index is 5.70. The molecule has 4 rings (SSSR count). The van der Waals surface area contributed by atoms with Gasteiger partial charge in [-0.3, -0.25) is 0 Å². The van der Waals surface area contributed by atoms with E-state index >= 15 is 0 Å². The van der Waals surface area contributed by atoms with E-state index in [2.05, 4.69) is 72.4 Å². The van der Waals surface area contributed by atoms with E-state index in [4.69, 9.17) is 17.2 Å². The first-order valence-electron chi connectivity index (χ1n) is 9.59. The maximum Gasteiger partial charge on any atom is 0.173 e. The number of hydrogen-bond donors (Lipinski definition) is 2. The van der Waals surface area contributed by atoms with Crippen molar-refractivity contribution in [1.82, 2.24) is 14.9 Å².